The number of benzene rings is 2. The van der Waals surface area contributed by atoms with E-state index in [0.717, 1.165) is 41.6 Å². The van der Waals surface area contributed by atoms with Crippen LogP contribution < -0.4 is 9.54 Å². The molecule has 1 fully saturated rings. The van der Waals surface area contributed by atoms with Crippen LogP contribution >= 0.6 is 11.3 Å². The summed E-state index contributed by atoms with van der Waals surface area (Å²) in [6, 6.07) is 11.7. The van der Waals surface area contributed by atoms with Gasteiger partial charge in [-0.1, -0.05) is 30.6 Å². The largest absolute Gasteiger partial charge is 0.494 e. The van der Waals surface area contributed by atoms with Crippen molar-refractivity contribution in [3.8, 4) is 18.1 Å². The second-order valence-corrected chi connectivity index (χ2v) is 11.3. The molecule has 184 valence electrons. The highest BCUT2D eigenvalue weighted by molar-refractivity contribution is 7.89. The predicted octanol–water partition coefficient (Wildman–Crippen LogP) is 4.43. The van der Waals surface area contributed by atoms with Crippen molar-refractivity contribution in [3.05, 3.63) is 52.8 Å². The van der Waals surface area contributed by atoms with Crippen molar-refractivity contribution in [2.75, 3.05) is 13.2 Å². The zero-order valence-electron chi connectivity index (χ0n) is 19.9. The lowest BCUT2D eigenvalue weighted by Gasteiger charge is -2.34. The van der Waals surface area contributed by atoms with Gasteiger partial charge in [-0.2, -0.15) is 9.30 Å². The summed E-state index contributed by atoms with van der Waals surface area (Å²) in [5.41, 5.74) is 1.19. The van der Waals surface area contributed by atoms with E-state index in [1.54, 1.807) is 4.31 Å². The van der Waals surface area contributed by atoms with Gasteiger partial charge in [-0.25, -0.2) is 8.42 Å². The van der Waals surface area contributed by atoms with E-state index in [2.05, 4.69) is 10.9 Å². The van der Waals surface area contributed by atoms with Crippen molar-refractivity contribution in [2.45, 2.75) is 57.0 Å². The average Bonchev–Trinajstić information content (AvgIpc) is 3.20. The summed E-state index contributed by atoms with van der Waals surface area (Å²) < 4.78 is 36.3. The van der Waals surface area contributed by atoms with Crippen LogP contribution in [-0.4, -0.2) is 42.4 Å². The summed E-state index contributed by atoms with van der Waals surface area (Å²) in [6.07, 6.45) is 9.13. The maximum atomic E-state index is 13.2. The molecule has 1 unspecified atom stereocenters. The number of aromatic nitrogens is 1. The van der Waals surface area contributed by atoms with E-state index >= 15 is 0 Å². The lowest BCUT2D eigenvalue weighted by molar-refractivity contribution is 0.0997. The number of amides is 1. The summed E-state index contributed by atoms with van der Waals surface area (Å²) >= 11 is 1.35. The first-order chi connectivity index (χ1) is 16.9. The molecule has 1 amide bonds. The molecule has 0 spiro atoms. The molecule has 35 heavy (non-hydrogen) atoms. The van der Waals surface area contributed by atoms with Gasteiger partial charge in [0, 0.05) is 18.2 Å². The lowest BCUT2D eigenvalue weighted by Crippen LogP contribution is -2.43. The zero-order chi connectivity index (χ0) is 25.0. The molecule has 1 aliphatic rings. The minimum atomic E-state index is -3.61. The number of rotatable bonds is 7. The number of ether oxygens (including phenoxy) is 1. The fourth-order valence-corrected chi connectivity index (χ4v) is 7.22. The van der Waals surface area contributed by atoms with Crippen LogP contribution in [0.5, 0.6) is 5.75 Å². The fraction of sp³-hybridized carbons (Fsp3) is 0.385. The first-order valence-electron chi connectivity index (χ1n) is 11.8. The predicted molar refractivity (Wildman–Crippen MR) is 138 cm³/mol. The highest BCUT2D eigenvalue weighted by Gasteiger charge is 2.32. The van der Waals surface area contributed by atoms with Gasteiger partial charge in [-0.3, -0.25) is 4.79 Å². The maximum absolute atomic E-state index is 13.2. The number of piperidine rings is 1. The Balaban J connectivity index is 1.64. The Hall–Kier alpha value is -2.93. The van der Waals surface area contributed by atoms with Crippen LogP contribution in [-0.2, 0) is 16.6 Å². The first kappa shape index (κ1) is 25.2. The number of sulfonamides is 1. The molecule has 1 atom stereocenters. The number of carbonyl (C=O) groups excluding carboxylic acids is 1. The Morgan fingerprint density at radius 2 is 1.97 bits per heavy atom. The van der Waals surface area contributed by atoms with Crippen LogP contribution in [0, 0.1) is 12.3 Å². The molecule has 2 aromatic carbocycles. The van der Waals surface area contributed by atoms with Gasteiger partial charge in [0.1, 0.15) is 5.75 Å². The summed E-state index contributed by atoms with van der Waals surface area (Å²) in [5, 5.41) is 0. The quantitative estimate of drug-likeness (QED) is 0.440. The molecular weight excluding hydrogens is 482 g/mol. The molecule has 3 aromatic rings. The number of hydrogen-bond acceptors (Lipinski definition) is 5. The van der Waals surface area contributed by atoms with E-state index in [-0.39, 0.29) is 17.5 Å². The van der Waals surface area contributed by atoms with Crippen LogP contribution in [0.1, 0.15) is 49.9 Å². The Morgan fingerprint density at radius 1 is 1.20 bits per heavy atom. The lowest BCUT2D eigenvalue weighted by atomic mass is 10.0. The second-order valence-electron chi connectivity index (χ2n) is 8.35. The second kappa shape index (κ2) is 10.8. The van der Waals surface area contributed by atoms with Crippen molar-refractivity contribution < 1.29 is 17.9 Å². The van der Waals surface area contributed by atoms with E-state index in [0.29, 0.717) is 23.5 Å². The molecule has 9 heteroatoms. The smallest absolute Gasteiger partial charge is 0.279 e. The summed E-state index contributed by atoms with van der Waals surface area (Å²) in [7, 11) is -3.61. The molecule has 0 N–H and O–H groups in total. The van der Waals surface area contributed by atoms with Crippen molar-refractivity contribution in [1.82, 2.24) is 8.87 Å². The normalized spacial score (nSPS) is 17.4. The van der Waals surface area contributed by atoms with E-state index in [9.17, 15) is 13.2 Å². The topological polar surface area (TPSA) is 81.0 Å². The third kappa shape index (κ3) is 5.20. The molecule has 1 aromatic heterocycles. The van der Waals surface area contributed by atoms with Crippen LogP contribution in [0.15, 0.2) is 52.4 Å². The van der Waals surface area contributed by atoms with Gasteiger partial charge in [0.25, 0.3) is 5.91 Å². The molecule has 7 nitrogen and oxygen atoms in total. The van der Waals surface area contributed by atoms with Crippen LogP contribution in [0.4, 0.5) is 0 Å². The molecule has 0 radical (unpaired) electrons. The minimum absolute atomic E-state index is 0.0212. The van der Waals surface area contributed by atoms with Gasteiger partial charge in [-0.15, -0.1) is 6.42 Å². The third-order valence-corrected chi connectivity index (χ3v) is 9.17. The fourth-order valence-electron chi connectivity index (χ4n) is 4.39. The number of fused-ring (bicyclic) bond motifs is 1. The highest BCUT2D eigenvalue weighted by atomic mass is 32.2. The molecule has 4 rings (SSSR count). The molecule has 0 aliphatic carbocycles. The van der Waals surface area contributed by atoms with Crippen LogP contribution in [0.3, 0.4) is 0 Å². The van der Waals surface area contributed by atoms with Gasteiger partial charge in [0.15, 0.2) is 4.80 Å². The Morgan fingerprint density at radius 3 is 2.66 bits per heavy atom. The first-order valence-corrected chi connectivity index (χ1v) is 14.0. The molecule has 0 saturated carbocycles. The highest BCUT2D eigenvalue weighted by Crippen LogP contribution is 2.27. The zero-order valence-corrected chi connectivity index (χ0v) is 21.6. The number of nitrogens with zero attached hydrogens (tertiary/aromatic N) is 3. The van der Waals surface area contributed by atoms with Crippen LogP contribution in [0.25, 0.3) is 10.2 Å². The molecule has 1 aliphatic heterocycles. The van der Waals surface area contributed by atoms with Gasteiger partial charge in [0.2, 0.25) is 10.0 Å². The Labute approximate surface area is 210 Å². The Bertz CT molecular complexity index is 1430. The van der Waals surface area contributed by atoms with Gasteiger partial charge < -0.3 is 9.30 Å². The maximum Gasteiger partial charge on any atom is 0.279 e. The van der Waals surface area contributed by atoms with Crippen molar-refractivity contribution >= 4 is 37.5 Å². The molecule has 1 saturated heterocycles. The van der Waals surface area contributed by atoms with Gasteiger partial charge >= 0.3 is 0 Å². The van der Waals surface area contributed by atoms with Crippen LogP contribution in [0.2, 0.25) is 0 Å². The minimum Gasteiger partial charge on any atom is -0.494 e. The van der Waals surface area contributed by atoms with Crippen molar-refractivity contribution in [3.63, 3.8) is 0 Å². The van der Waals surface area contributed by atoms with E-state index in [4.69, 9.17) is 11.2 Å². The Kier molecular flexibility index (Phi) is 7.75. The van der Waals surface area contributed by atoms with E-state index in [1.807, 2.05) is 36.6 Å². The molecular formula is C26H29N3O4S2. The SMILES string of the molecule is C#CCn1c(=NC(=O)c2ccc(S(=O)(=O)N3CCCCC3CC)cc2)sc2cc(OCC)ccc21. The van der Waals surface area contributed by atoms with Gasteiger partial charge in [-0.05, 0) is 68.7 Å². The number of hydrogen-bond donors (Lipinski definition) is 0. The number of thiazole rings is 1. The molecule has 0 bridgehead atoms. The summed E-state index contributed by atoms with van der Waals surface area (Å²) in [5.74, 6) is 2.90. The summed E-state index contributed by atoms with van der Waals surface area (Å²) in [4.78, 5) is 18.0. The van der Waals surface area contributed by atoms with Crippen molar-refractivity contribution in [2.24, 2.45) is 4.99 Å². The van der Waals surface area contributed by atoms with Crippen molar-refractivity contribution in [1.29, 1.82) is 0 Å². The number of carbonyl (C=O) groups is 1. The van der Waals surface area contributed by atoms with Gasteiger partial charge in [0.05, 0.1) is 28.3 Å². The monoisotopic (exact) mass is 511 g/mol. The third-order valence-electron chi connectivity index (χ3n) is 6.16. The summed E-state index contributed by atoms with van der Waals surface area (Å²) in [6.45, 7) is 5.29. The average molecular weight is 512 g/mol. The van der Waals surface area contributed by atoms with E-state index < -0.39 is 15.9 Å². The molecule has 2 heterocycles. The number of terminal acetylenes is 1. The standard InChI is InChI=1S/C26H29N3O4S2/c1-4-16-28-23-15-12-21(33-6-3)18-24(23)34-26(28)27-25(30)19-10-13-22(14-11-19)35(31,32)29-17-8-7-9-20(29)5-2/h1,10-15,18,20H,5-9,16-17H2,2-3H3. The van der Waals surface area contributed by atoms with E-state index in [1.165, 1.54) is 35.6 Å².